The fourth-order valence-electron chi connectivity index (χ4n) is 1.89. The lowest BCUT2D eigenvalue weighted by Crippen LogP contribution is -2.26. The third kappa shape index (κ3) is 4.14. The fourth-order valence-corrected chi connectivity index (χ4v) is 1.89. The van der Waals surface area contributed by atoms with Gasteiger partial charge in [-0.1, -0.05) is 26.0 Å². The van der Waals surface area contributed by atoms with Crippen molar-refractivity contribution in [2.75, 3.05) is 6.54 Å². The van der Waals surface area contributed by atoms with Crippen LogP contribution in [0.3, 0.4) is 0 Å². The average Bonchev–Trinajstić information content (AvgIpc) is 2.98. The molecule has 1 heterocycles. The molecule has 5 nitrogen and oxygen atoms in total. The highest BCUT2D eigenvalue weighted by molar-refractivity contribution is 5.91. The third-order valence-corrected chi connectivity index (χ3v) is 3.37. The Balaban J connectivity index is 1.86. The summed E-state index contributed by atoms with van der Waals surface area (Å²) in [4.78, 5) is 16.1. The number of aromatic nitrogens is 1. The monoisotopic (exact) mass is 305 g/mol. The second kappa shape index (κ2) is 7.17. The van der Waals surface area contributed by atoms with E-state index in [2.05, 4.69) is 10.3 Å². The molecule has 1 unspecified atom stereocenters. The van der Waals surface area contributed by atoms with E-state index in [4.69, 9.17) is 10.2 Å². The lowest BCUT2D eigenvalue weighted by atomic mass is 10.1. The van der Waals surface area contributed by atoms with E-state index >= 15 is 0 Å². The summed E-state index contributed by atoms with van der Waals surface area (Å²) >= 11 is 0. The van der Waals surface area contributed by atoms with Crippen molar-refractivity contribution in [1.29, 1.82) is 0 Å². The first-order valence-electron chi connectivity index (χ1n) is 7.21. The first kappa shape index (κ1) is 16.2. The Labute approximate surface area is 128 Å². The van der Waals surface area contributed by atoms with Crippen molar-refractivity contribution in [2.45, 2.75) is 26.3 Å². The standard InChI is InChI=1S/C16H20FN3O2/c1-10(2)14(18)16-20-13(9-22-16)15(21)19-8-7-11-3-5-12(17)6-4-11/h3-6,9-10,14H,7-8,18H2,1-2H3,(H,19,21). The molecule has 0 aliphatic carbocycles. The van der Waals surface area contributed by atoms with Crippen LogP contribution in [0.1, 0.15) is 41.8 Å². The van der Waals surface area contributed by atoms with Crippen molar-refractivity contribution in [2.24, 2.45) is 11.7 Å². The highest BCUT2D eigenvalue weighted by atomic mass is 19.1. The maximum Gasteiger partial charge on any atom is 0.273 e. The number of nitrogens with zero attached hydrogens (tertiary/aromatic N) is 1. The van der Waals surface area contributed by atoms with Gasteiger partial charge in [0.1, 0.15) is 12.1 Å². The molecule has 118 valence electrons. The SMILES string of the molecule is CC(C)C(N)c1nc(C(=O)NCCc2ccc(F)cc2)co1. The minimum Gasteiger partial charge on any atom is -0.446 e. The molecule has 0 fully saturated rings. The zero-order valence-electron chi connectivity index (χ0n) is 12.7. The second-order valence-electron chi connectivity index (χ2n) is 5.47. The number of carbonyl (C=O) groups excluding carboxylic acids is 1. The van der Waals surface area contributed by atoms with Crippen molar-refractivity contribution in [3.05, 3.63) is 53.5 Å². The average molecular weight is 305 g/mol. The molecule has 2 aromatic rings. The highest BCUT2D eigenvalue weighted by Crippen LogP contribution is 2.17. The van der Waals surface area contributed by atoms with Gasteiger partial charge < -0.3 is 15.5 Å². The summed E-state index contributed by atoms with van der Waals surface area (Å²) in [5, 5.41) is 2.75. The Bertz CT molecular complexity index is 623. The van der Waals surface area contributed by atoms with Gasteiger partial charge in [0.25, 0.3) is 5.91 Å². The van der Waals surface area contributed by atoms with Gasteiger partial charge in [0, 0.05) is 6.54 Å². The lowest BCUT2D eigenvalue weighted by Gasteiger charge is -2.10. The van der Waals surface area contributed by atoms with Gasteiger partial charge >= 0.3 is 0 Å². The van der Waals surface area contributed by atoms with E-state index in [0.717, 1.165) is 5.56 Å². The predicted octanol–water partition coefficient (Wildman–Crippen LogP) is 2.44. The van der Waals surface area contributed by atoms with Crippen LogP contribution in [0.2, 0.25) is 0 Å². The van der Waals surface area contributed by atoms with Crippen molar-refractivity contribution in [3.63, 3.8) is 0 Å². The van der Waals surface area contributed by atoms with Crippen LogP contribution in [0.5, 0.6) is 0 Å². The minimum absolute atomic E-state index is 0.174. The van der Waals surface area contributed by atoms with Gasteiger partial charge in [0.15, 0.2) is 5.69 Å². The molecule has 0 aliphatic rings. The van der Waals surface area contributed by atoms with Crippen LogP contribution in [0.25, 0.3) is 0 Å². The molecular formula is C16H20FN3O2. The van der Waals surface area contributed by atoms with E-state index in [1.165, 1.54) is 18.4 Å². The molecule has 2 rings (SSSR count). The number of nitrogens with one attached hydrogen (secondary N) is 1. The quantitative estimate of drug-likeness (QED) is 0.859. The number of oxazole rings is 1. The maximum absolute atomic E-state index is 12.8. The third-order valence-electron chi connectivity index (χ3n) is 3.37. The van der Waals surface area contributed by atoms with E-state index in [1.54, 1.807) is 12.1 Å². The summed E-state index contributed by atoms with van der Waals surface area (Å²) in [5.41, 5.74) is 7.08. The van der Waals surface area contributed by atoms with Crippen LogP contribution in [-0.4, -0.2) is 17.4 Å². The van der Waals surface area contributed by atoms with Crippen molar-refractivity contribution in [1.82, 2.24) is 10.3 Å². The molecule has 0 saturated carbocycles. The normalized spacial score (nSPS) is 12.4. The van der Waals surface area contributed by atoms with Gasteiger partial charge in [0.2, 0.25) is 5.89 Å². The molecule has 0 aliphatic heterocycles. The molecular weight excluding hydrogens is 285 g/mol. The number of nitrogens with two attached hydrogens (primary N) is 1. The first-order chi connectivity index (χ1) is 10.5. The molecule has 1 aromatic carbocycles. The minimum atomic E-state index is -0.333. The fraction of sp³-hybridized carbons (Fsp3) is 0.375. The number of benzene rings is 1. The molecule has 0 spiro atoms. The van der Waals surface area contributed by atoms with Gasteiger partial charge in [-0.15, -0.1) is 0 Å². The van der Waals surface area contributed by atoms with E-state index in [9.17, 15) is 9.18 Å². The molecule has 6 heteroatoms. The lowest BCUT2D eigenvalue weighted by molar-refractivity contribution is 0.0949. The first-order valence-corrected chi connectivity index (χ1v) is 7.21. The summed E-state index contributed by atoms with van der Waals surface area (Å²) in [6.07, 6.45) is 1.92. The molecule has 1 amide bonds. The van der Waals surface area contributed by atoms with Crippen LogP contribution >= 0.6 is 0 Å². The van der Waals surface area contributed by atoms with E-state index in [-0.39, 0.29) is 29.4 Å². The second-order valence-corrected chi connectivity index (χ2v) is 5.47. The van der Waals surface area contributed by atoms with Crippen LogP contribution in [-0.2, 0) is 6.42 Å². The van der Waals surface area contributed by atoms with Crippen LogP contribution in [0.4, 0.5) is 4.39 Å². The summed E-state index contributed by atoms with van der Waals surface area (Å²) in [5.74, 6) is -0.0517. The molecule has 1 aromatic heterocycles. The van der Waals surface area contributed by atoms with Crippen LogP contribution in [0, 0.1) is 11.7 Å². The molecule has 22 heavy (non-hydrogen) atoms. The Morgan fingerprint density at radius 2 is 2.05 bits per heavy atom. The Morgan fingerprint density at radius 3 is 2.68 bits per heavy atom. The summed E-state index contributed by atoms with van der Waals surface area (Å²) in [6, 6.07) is 5.85. The van der Waals surface area contributed by atoms with Crippen LogP contribution < -0.4 is 11.1 Å². The maximum atomic E-state index is 12.8. The number of amides is 1. The van der Waals surface area contributed by atoms with Gasteiger partial charge in [0.05, 0.1) is 6.04 Å². The Morgan fingerprint density at radius 1 is 1.36 bits per heavy atom. The van der Waals surface area contributed by atoms with Crippen molar-refractivity contribution >= 4 is 5.91 Å². The number of carbonyl (C=O) groups is 1. The molecule has 1 atom stereocenters. The number of halogens is 1. The van der Waals surface area contributed by atoms with Gasteiger partial charge in [-0.3, -0.25) is 4.79 Å². The number of rotatable bonds is 6. The van der Waals surface area contributed by atoms with Gasteiger partial charge in [-0.25, -0.2) is 9.37 Å². The van der Waals surface area contributed by atoms with Crippen molar-refractivity contribution in [3.8, 4) is 0 Å². The largest absolute Gasteiger partial charge is 0.446 e. The summed E-state index contributed by atoms with van der Waals surface area (Å²) < 4.78 is 18.0. The molecule has 0 radical (unpaired) electrons. The van der Waals surface area contributed by atoms with E-state index < -0.39 is 0 Å². The van der Waals surface area contributed by atoms with Crippen molar-refractivity contribution < 1.29 is 13.6 Å². The number of hydrogen-bond donors (Lipinski definition) is 2. The smallest absolute Gasteiger partial charge is 0.273 e. The summed E-state index contributed by atoms with van der Waals surface area (Å²) in [6.45, 7) is 4.34. The molecule has 0 bridgehead atoms. The zero-order valence-corrected chi connectivity index (χ0v) is 12.7. The number of hydrogen-bond acceptors (Lipinski definition) is 4. The summed E-state index contributed by atoms with van der Waals surface area (Å²) in [7, 11) is 0. The molecule has 0 saturated heterocycles. The van der Waals surface area contributed by atoms with E-state index in [0.29, 0.717) is 18.9 Å². The highest BCUT2D eigenvalue weighted by Gasteiger charge is 2.19. The Hall–Kier alpha value is -2.21. The topological polar surface area (TPSA) is 81.1 Å². The van der Waals surface area contributed by atoms with Crippen LogP contribution in [0.15, 0.2) is 34.9 Å². The Kier molecular flexibility index (Phi) is 5.27. The van der Waals surface area contributed by atoms with E-state index in [1.807, 2.05) is 13.8 Å². The molecule has 3 N–H and O–H groups in total. The predicted molar refractivity (Wildman–Crippen MR) is 80.7 cm³/mol. The van der Waals surface area contributed by atoms with Gasteiger partial charge in [-0.2, -0.15) is 0 Å². The van der Waals surface area contributed by atoms with Gasteiger partial charge in [-0.05, 0) is 30.0 Å². The zero-order chi connectivity index (χ0) is 16.1.